The number of rotatable bonds is 5. The van der Waals surface area contributed by atoms with E-state index in [1.807, 2.05) is 13.0 Å². The van der Waals surface area contributed by atoms with Crippen LogP contribution in [0, 0.1) is 17.0 Å². The van der Waals surface area contributed by atoms with Crippen LogP contribution in [0.15, 0.2) is 75.8 Å². The number of amidine groups is 1. The predicted octanol–water partition coefficient (Wildman–Crippen LogP) is 6.16. The summed E-state index contributed by atoms with van der Waals surface area (Å²) in [5, 5.41) is 11.7. The Morgan fingerprint density at radius 3 is 2.61 bits per heavy atom. The van der Waals surface area contributed by atoms with Gasteiger partial charge in [0, 0.05) is 22.7 Å². The van der Waals surface area contributed by atoms with Crippen LogP contribution in [0.2, 0.25) is 5.02 Å². The molecule has 3 aromatic carbocycles. The molecule has 0 unspecified atom stereocenters. The summed E-state index contributed by atoms with van der Waals surface area (Å²) in [7, 11) is 1.57. The number of nitro groups is 1. The van der Waals surface area contributed by atoms with Gasteiger partial charge in [-0.25, -0.2) is 4.99 Å². The fourth-order valence-electron chi connectivity index (χ4n) is 3.46. The fourth-order valence-corrected chi connectivity index (χ4v) is 4.17. The number of halogens is 2. The first-order valence-corrected chi connectivity index (χ1v) is 11.0. The summed E-state index contributed by atoms with van der Waals surface area (Å²) < 4.78 is 6.01. The Kier molecular flexibility index (Phi) is 6.31. The van der Waals surface area contributed by atoms with Gasteiger partial charge in [-0.05, 0) is 70.4 Å². The van der Waals surface area contributed by atoms with Crippen LogP contribution in [0.25, 0.3) is 6.08 Å². The lowest BCUT2D eigenvalue weighted by molar-refractivity contribution is -0.384. The lowest BCUT2D eigenvalue weighted by atomic mass is 10.1. The van der Waals surface area contributed by atoms with Gasteiger partial charge in [0.15, 0.2) is 0 Å². The van der Waals surface area contributed by atoms with Crippen LogP contribution < -0.4 is 9.64 Å². The quantitative estimate of drug-likeness (QED) is 0.226. The second kappa shape index (κ2) is 9.17. The average molecular weight is 527 g/mol. The first-order chi connectivity index (χ1) is 15.8. The molecule has 3 aromatic rings. The Hall–Kier alpha value is -3.49. The van der Waals surface area contributed by atoms with Gasteiger partial charge in [0.1, 0.15) is 17.3 Å². The Morgan fingerprint density at radius 1 is 1.15 bits per heavy atom. The Bertz CT molecular complexity index is 1350. The van der Waals surface area contributed by atoms with Gasteiger partial charge >= 0.3 is 0 Å². The van der Waals surface area contributed by atoms with Crippen molar-refractivity contribution in [3.8, 4) is 5.75 Å². The summed E-state index contributed by atoms with van der Waals surface area (Å²) in [5.74, 6) is 0.681. The van der Waals surface area contributed by atoms with Gasteiger partial charge < -0.3 is 4.74 Å². The van der Waals surface area contributed by atoms with Crippen LogP contribution >= 0.6 is 27.5 Å². The molecular formula is C24H17BrClN3O4. The molecule has 0 N–H and O–H groups in total. The number of nitro benzene ring substituents is 1. The van der Waals surface area contributed by atoms with Gasteiger partial charge in [0.2, 0.25) is 0 Å². The van der Waals surface area contributed by atoms with Crippen molar-refractivity contribution in [3.05, 3.63) is 103 Å². The zero-order valence-corrected chi connectivity index (χ0v) is 19.9. The van der Waals surface area contributed by atoms with Gasteiger partial charge in [-0.3, -0.25) is 19.8 Å². The summed E-state index contributed by atoms with van der Waals surface area (Å²) >= 11 is 9.81. The van der Waals surface area contributed by atoms with E-state index in [-0.39, 0.29) is 17.3 Å². The molecule has 0 aliphatic carbocycles. The fraction of sp³-hybridized carbons (Fsp3) is 0.0833. The molecule has 1 amide bonds. The average Bonchev–Trinajstić information content (AvgIpc) is 3.11. The molecule has 0 atom stereocenters. The molecule has 0 saturated heterocycles. The maximum atomic E-state index is 13.5. The summed E-state index contributed by atoms with van der Waals surface area (Å²) in [5.41, 5.74) is 2.58. The van der Waals surface area contributed by atoms with Gasteiger partial charge in [0.25, 0.3) is 11.6 Å². The molecule has 0 fully saturated rings. The second-order valence-electron chi connectivity index (χ2n) is 7.19. The van der Waals surface area contributed by atoms with Crippen molar-refractivity contribution in [1.82, 2.24) is 0 Å². The topological polar surface area (TPSA) is 85.0 Å². The zero-order chi connectivity index (χ0) is 23.7. The standard InChI is InChI=1S/C24H17BrClN3O4/c1-14-19(26)7-4-8-21(14)28-23(16-9-10-22(33-2)18(25)13-16)27-20(24(28)30)12-15-5-3-6-17(11-15)29(31)32/h3-13H,1-2H3. The Balaban J connectivity index is 1.87. The van der Waals surface area contributed by atoms with Crippen molar-refractivity contribution in [3.63, 3.8) is 0 Å². The number of hydrogen-bond donors (Lipinski definition) is 0. The summed E-state index contributed by atoms with van der Waals surface area (Å²) in [6.45, 7) is 1.83. The zero-order valence-electron chi connectivity index (χ0n) is 17.6. The SMILES string of the molecule is COc1ccc(C2=NC(=Cc3cccc([N+](=O)[O-])c3)C(=O)N2c2cccc(Cl)c2C)cc1Br. The number of anilines is 1. The molecule has 0 saturated carbocycles. The second-order valence-corrected chi connectivity index (χ2v) is 8.45. The normalized spacial score (nSPS) is 14.5. The van der Waals surface area contributed by atoms with Crippen LogP contribution in [0.1, 0.15) is 16.7 Å². The number of carbonyl (C=O) groups excluding carboxylic acids is 1. The monoisotopic (exact) mass is 525 g/mol. The summed E-state index contributed by atoms with van der Waals surface area (Å²) in [4.78, 5) is 30.3. The predicted molar refractivity (Wildman–Crippen MR) is 132 cm³/mol. The molecule has 9 heteroatoms. The molecule has 33 heavy (non-hydrogen) atoms. The molecule has 166 valence electrons. The molecule has 0 spiro atoms. The Morgan fingerprint density at radius 2 is 1.91 bits per heavy atom. The van der Waals surface area contributed by atoms with Crippen LogP contribution in [-0.2, 0) is 4.79 Å². The molecule has 0 radical (unpaired) electrons. The molecule has 0 bridgehead atoms. The van der Waals surface area contributed by atoms with Crippen LogP contribution in [0.5, 0.6) is 5.75 Å². The van der Waals surface area contributed by atoms with Crippen LogP contribution in [-0.4, -0.2) is 23.8 Å². The number of carbonyl (C=O) groups is 1. The van der Waals surface area contributed by atoms with E-state index in [1.165, 1.54) is 23.1 Å². The van der Waals surface area contributed by atoms with Gasteiger partial charge in [0.05, 0.1) is 22.2 Å². The largest absolute Gasteiger partial charge is 0.496 e. The molecule has 1 heterocycles. The van der Waals surface area contributed by atoms with Crippen LogP contribution in [0.4, 0.5) is 11.4 Å². The van der Waals surface area contributed by atoms with E-state index in [2.05, 4.69) is 20.9 Å². The van der Waals surface area contributed by atoms with Crippen molar-refractivity contribution in [2.75, 3.05) is 12.0 Å². The molecule has 0 aromatic heterocycles. The Labute approximate surface area is 203 Å². The third kappa shape index (κ3) is 4.40. The maximum Gasteiger partial charge on any atom is 0.282 e. The van der Waals surface area contributed by atoms with E-state index < -0.39 is 4.92 Å². The highest BCUT2D eigenvalue weighted by atomic mass is 79.9. The van der Waals surface area contributed by atoms with E-state index in [9.17, 15) is 14.9 Å². The molecule has 7 nitrogen and oxygen atoms in total. The number of methoxy groups -OCH3 is 1. The number of aliphatic imine (C=N–C) groups is 1. The lowest BCUT2D eigenvalue weighted by Crippen LogP contribution is -2.33. The highest BCUT2D eigenvalue weighted by Crippen LogP contribution is 2.35. The van der Waals surface area contributed by atoms with Crippen molar-refractivity contribution in [2.45, 2.75) is 6.92 Å². The number of benzene rings is 3. The van der Waals surface area contributed by atoms with Crippen LogP contribution in [0.3, 0.4) is 0 Å². The number of non-ortho nitro benzene ring substituents is 1. The maximum absolute atomic E-state index is 13.5. The van der Waals surface area contributed by atoms with E-state index in [4.69, 9.17) is 16.3 Å². The minimum atomic E-state index is -0.482. The molecular weight excluding hydrogens is 510 g/mol. The molecule has 1 aliphatic rings. The number of amides is 1. The summed E-state index contributed by atoms with van der Waals surface area (Å²) in [6.07, 6.45) is 1.54. The summed E-state index contributed by atoms with van der Waals surface area (Å²) in [6, 6.07) is 16.7. The minimum absolute atomic E-state index is 0.0689. The van der Waals surface area contributed by atoms with Gasteiger partial charge in [-0.1, -0.05) is 29.8 Å². The first kappa shape index (κ1) is 22.7. The molecule has 1 aliphatic heterocycles. The number of ether oxygens (including phenoxy) is 1. The van der Waals surface area contributed by atoms with E-state index in [1.54, 1.807) is 49.6 Å². The highest BCUT2D eigenvalue weighted by Gasteiger charge is 2.34. The van der Waals surface area contributed by atoms with E-state index >= 15 is 0 Å². The van der Waals surface area contributed by atoms with Crippen molar-refractivity contribution < 1.29 is 14.5 Å². The third-order valence-corrected chi connectivity index (χ3v) is 6.16. The molecule has 4 rings (SSSR count). The first-order valence-electron chi connectivity index (χ1n) is 9.78. The number of nitrogens with zero attached hydrogens (tertiary/aromatic N) is 3. The van der Waals surface area contributed by atoms with Crippen molar-refractivity contribution in [1.29, 1.82) is 0 Å². The van der Waals surface area contributed by atoms with Crippen molar-refractivity contribution >= 4 is 56.7 Å². The lowest BCUT2D eigenvalue weighted by Gasteiger charge is -2.21. The minimum Gasteiger partial charge on any atom is -0.496 e. The third-order valence-electron chi connectivity index (χ3n) is 5.13. The van der Waals surface area contributed by atoms with E-state index in [0.717, 1.165) is 5.56 Å². The van der Waals surface area contributed by atoms with E-state index in [0.29, 0.717) is 37.9 Å². The van der Waals surface area contributed by atoms with Crippen molar-refractivity contribution in [2.24, 2.45) is 4.99 Å². The van der Waals surface area contributed by atoms with Gasteiger partial charge in [-0.15, -0.1) is 0 Å². The smallest absolute Gasteiger partial charge is 0.282 e. The highest BCUT2D eigenvalue weighted by molar-refractivity contribution is 9.10. The number of hydrogen-bond acceptors (Lipinski definition) is 5. The van der Waals surface area contributed by atoms with Gasteiger partial charge in [-0.2, -0.15) is 0 Å².